The molecule has 0 unspecified atom stereocenters. The van der Waals surface area contributed by atoms with E-state index in [1.165, 1.54) is 7.11 Å². The molecule has 0 saturated heterocycles. The minimum atomic E-state index is -4.69. The molecule has 2 atom stereocenters. The van der Waals surface area contributed by atoms with E-state index >= 15 is 0 Å². The minimum Gasteiger partial charge on any atom is -0.465 e. The number of aryl methyl sites for hydroxylation is 2. The quantitative estimate of drug-likeness (QED) is 0.230. The van der Waals surface area contributed by atoms with Gasteiger partial charge in [0, 0.05) is 5.56 Å². The van der Waals surface area contributed by atoms with E-state index < -0.39 is 23.5 Å². The van der Waals surface area contributed by atoms with Gasteiger partial charge in [-0.1, -0.05) is 18.2 Å². The fourth-order valence-electron chi connectivity index (χ4n) is 4.61. The zero-order valence-electron chi connectivity index (χ0n) is 21.4. The molecular formula is C28H29F4NO5. The zero-order valence-corrected chi connectivity index (χ0v) is 21.4. The van der Waals surface area contributed by atoms with Crippen molar-refractivity contribution in [2.45, 2.75) is 71.1 Å². The molecule has 1 heterocycles. The third kappa shape index (κ3) is 6.60. The molecule has 0 N–H and O–H groups in total. The van der Waals surface area contributed by atoms with Crippen LogP contribution in [0.25, 0.3) is 11.5 Å². The Hall–Kier alpha value is -3.24. The van der Waals surface area contributed by atoms with Gasteiger partial charge < -0.3 is 18.6 Å². The van der Waals surface area contributed by atoms with Crippen LogP contribution >= 0.6 is 0 Å². The van der Waals surface area contributed by atoms with Gasteiger partial charge in [0.2, 0.25) is 5.89 Å². The van der Waals surface area contributed by atoms with Crippen LogP contribution in [0.15, 0.2) is 40.8 Å². The molecule has 38 heavy (non-hydrogen) atoms. The molecule has 0 bridgehead atoms. The lowest BCUT2D eigenvalue weighted by Crippen LogP contribution is -2.28. The molecule has 2 aromatic carbocycles. The van der Waals surface area contributed by atoms with Crippen molar-refractivity contribution >= 4 is 5.97 Å². The van der Waals surface area contributed by atoms with Gasteiger partial charge in [0.25, 0.3) is 0 Å². The van der Waals surface area contributed by atoms with E-state index in [-0.39, 0.29) is 36.9 Å². The van der Waals surface area contributed by atoms with Crippen molar-refractivity contribution in [3.63, 3.8) is 0 Å². The van der Waals surface area contributed by atoms with Crippen molar-refractivity contribution in [3.05, 3.63) is 75.9 Å². The smallest absolute Gasteiger partial charge is 0.416 e. The number of methoxy groups -OCH3 is 1. The summed E-state index contributed by atoms with van der Waals surface area (Å²) in [7, 11) is 1.35. The summed E-state index contributed by atoms with van der Waals surface area (Å²) in [6.45, 7) is 3.84. The molecule has 0 aliphatic heterocycles. The lowest BCUT2D eigenvalue weighted by molar-refractivity contribution is -0.137. The Morgan fingerprint density at radius 1 is 1.08 bits per heavy atom. The number of halogens is 4. The van der Waals surface area contributed by atoms with E-state index in [9.17, 15) is 22.4 Å². The van der Waals surface area contributed by atoms with E-state index in [1.807, 2.05) is 25.1 Å². The van der Waals surface area contributed by atoms with Crippen LogP contribution < -0.4 is 0 Å². The Kier molecular flexibility index (Phi) is 8.52. The highest BCUT2D eigenvalue weighted by atomic mass is 19.4. The largest absolute Gasteiger partial charge is 0.465 e. The van der Waals surface area contributed by atoms with Gasteiger partial charge in [-0.3, -0.25) is 0 Å². The zero-order chi connectivity index (χ0) is 27.4. The number of esters is 1. The average molecular weight is 536 g/mol. The summed E-state index contributed by atoms with van der Waals surface area (Å²) in [6.07, 6.45) is -1.67. The highest BCUT2D eigenvalue weighted by molar-refractivity contribution is 5.92. The molecule has 3 aromatic rings. The van der Waals surface area contributed by atoms with Crippen molar-refractivity contribution in [2.24, 2.45) is 0 Å². The first kappa shape index (κ1) is 27.8. The maximum Gasteiger partial charge on any atom is 0.416 e. The van der Waals surface area contributed by atoms with Gasteiger partial charge in [0.1, 0.15) is 17.3 Å². The van der Waals surface area contributed by atoms with Gasteiger partial charge in [0.05, 0.1) is 43.7 Å². The van der Waals surface area contributed by atoms with Crippen LogP contribution in [0.5, 0.6) is 0 Å². The van der Waals surface area contributed by atoms with Crippen molar-refractivity contribution < 1.29 is 41.0 Å². The van der Waals surface area contributed by atoms with Gasteiger partial charge in [-0.2, -0.15) is 13.2 Å². The predicted octanol–water partition coefficient (Wildman–Crippen LogP) is 6.95. The van der Waals surface area contributed by atoms with Crippen LogP contribution in [0.4, 0.5) is 17.6 Å². The van der Waals surface area contributed by atoms with Crippen LogP contribution in [0, 0.1) is 19.7 Å². The van der Waals surface area contributed by atoms with Gasteiger partial charge >= 0.3 is 12.1 Å². The molecule has 4 rings (SSSR count). The Labute approximate surface area is 217 Å². The van der Waals surface area contributed by atoms with E-state index in [2.05, 4.69) is 4.98 Å². The van der Waals surface area contributed by atoms with Crippen molar-refractivity contribution in [2.75, 3.05) is 7.11 Å². The third-order valence-electron chi connectivity index (χ3n) is 6.62. The molecule has 6 nitrogen and oxygen atoms in total. The number of alkyl halides is 3. The summed E-state index contributed by atoms with van der Waals surface area (Å²) in [4.78, 5) is 16.5. The van der Waals surface area contributed by atoms with Gasteiger partial charge in [0.15, 0.2) is 0 Å². The summed E-state index contributed by atoms with van der Waals surface area (Å²) in [5.74, 6) is -1.14. The Morgan fingerprint density at radius 3 is 2.47 bits per heavy atom. The summed E-state index contributed by atoms with van der Waals surface area (Å²) < 4.78 is 75.7. The molecule has 1 aliphatic rings. The van der Waals surface area contributed by atoms with Gasteiger partial charge in [-0.15, -0.1) is 0 Å². The number of carbonyl (C=O) groups excluding carboxylic acids is 1. The standard InChI is InChI=1S/C28H29F4NO5/c1-16-6-4-7-18(25(16)27(34)35-3)14-36-22-8-5-9-23(13-22)37-15-24-17(2)38-26(33-24)19-10-20(28(30,31)32)12-21(29)11-19/h4,6-7,10-12,22-23H,5,8-9,13-15H2,1-3H3/t22-,23+/m1/s1. The fourth-order valence-corrected chi connectivity index (χ4v) is 4.61. The highest BCUT2D eigenvalue weighted by Crippen LogP contribution is 2.34. The van der Waals surface area contributed by atoms with Crippen LogP contribution in [-0.2, 0) is 33.6 Å². The number of oxazole rings is 1. The maximum atomic E-state index is 13.8. The molecule has 0 spiro atoms. The summed E-state index contributed by atoms with van der Waals surface area (Å²) in [5, 5.41) is 0. The summed E-state index contributed by atoms with van der Waals surface area (Å²) in [6, 6.07) is 7.75. The first-order chi connectivity index (χ1) is 18.0. The number of nitrogens with zero attached hydrogens (tertiary/aromatic N) is 1. The second kappa shape index (κ2) is 11.7. The number of rotatable bonds is 8. The second-order valence-electron chi connectivity index (χ2n) is 9.38. The predicted molar refractivity (Wildman–Crippen MR) is 130 cm³/mol. The first-order valence-corrected chi connectivity index (χ1v) is 12.3. The first-order valence-electron chi connectivity index (χ1n) is 12.3. The maximum absolute atomic E-state index is 13.8. The van der Waals surface area contributed by atoms with Crippen LogP contribution in [0.3, 0.4) is 0 Å². The number of carbonyl (C=O) groups is 1. The number of benzene rings is 2. The molecule has 1 aromatic heterocycles. The van der Waals surface area contributed by atoms with Crippen molar-refractivity contribution in [1.82, 2.24) is 4.98 Å². The molecule has 0 amide bonds. The fraction of sp³-hybridized carbons (Fsp3) is 0.429. The number of hydrogen-bond acceptors (Lipinski definition) is 6. The molecular weight excluding hydrogens is 506 g/mol. The van der Waals surface area contributed by atoms with E-state index in [0.717, 1.165) is 42.5 Å². The minimum absolute atomic E-state index is 0.0678. The third-order valence-corrected chi connectivity index (χ3v) is 6.62. The Bertz CT molecular complexity index is 1290. The molecule has 0 radical (unpaired) electrons. The lowest BCUT2D eigenvalue weighted by Gasteiger charge is -2.29. The second-order valence-corrected chi connectivity index (χ2v) is 9.38. The SMILES string of the molecule is COC(=O)c1c(C)cccc1CO[C@@H]1CCC[C@H](OCc2nc(-c3cc(F)cc(C(F)(F)F)c3)oc2C)C1. The molecule has 1 aliphatic carbocycles. The Morgan fingerprint density at radius 2 is 1.79 bits per heavy atom. The molecule has 204 valence electrons. The number of ether oxygens (including phenoxy) is 3. The molecule has 10 heteroatoms. The van der Waals surface area contributed by atoms with E-state index in [1.54, 1.807) is 6.92 Å². The monoisotopic (exact) mass is 535 g/mol. The summed E-state index contributed by atoms with van der Waals surface area (Å²) >= 11 is 0. The van der Waals surface area contributed by atoms with Crippen LogP contribution in [-0.4, -0.2) is 30.3 Å². The average Bonchev–Trinajstić information content (AvgIpc) is 3.25. The molecule has 1 fully saturated rings. The highest BCUT2D eigenvalue weighted by Gasteiger charge is 2.32. The van der Waals surface area contributed by atoms with E-state index in [4.69, 9.17) is 18.6 Å². The normalized spacial score (nSPS) is 18.0. The number of hydrogen-bond donors (Lipinski definition) is 0. The lowest BCUT2D eigenvalue weighted by atomic mass is 9.94. The van der Waals surface area contributed by atoms with Crippen LogP contribution in [0.2, 0.25) is 0 Å². The van der Waals surface area contributed by atoms with Gasteiger partial charge in [-0.25, -0.2) is 14.2 Å². The van der Waals surface area contributed by atoms with E-state index in [0.29, 0.717) is 29.5 Å². The van der Waals surface area contributed by atoms with Crippen LogP contribution in [0.1, 0.15) is 64.2 Å². The molecule has 1 saturated carbocycles. The topological polar surface area (TPSA) is 70.8 Å². The summed E-state index contributed by atoms with van der Waals surface area (Å²) in [5.41, 5.74) is 1.31. The number of aromatic nitrogens is 1. The van der Waals surface area contributed by atoms with Crippen molar-refractivity contribution in [1.29, 1.82) is 0 Å². The Balaban J connectivity index is 1.37. The van der Waals surface area contributed by atoms with Gasteiger partial charge in [-0.05, 0) is 68.9 Å². The van der Waals surface area contributed by atoms with Crippen molar-refractivity contribution in [3.8, 4) is 11.5 Å².